The molecule has 0 spiro atoms. The molecule has 0 aliphatic heterocycles. The van der Waals surface area contributed by atoms with Gasteiger partial charge in [-0.2, -0.15) is 5.10 Å². The maximum absolute atomic E-state index is 12.1. The fourth-order valence-electron chi connectivity index (χ4n) is 4.61. The lowest BCUT2D eigenvalue weighted by Crippen LogP contribution is -2.09. The van der Waals surface area contributed by atoms with Gasteiger partial charge in [0, 0.05) is 22.4 Å². The van der Waals surface area contributed by atoms with Crippen molar-refractivity contribution in [2.75, 3.05) is 12.3 Å². The summed E-state index contributed by atoms with van der Waals surface area (Å²) in [7, 11) is 0. The van der Waals surface area contributed by atoms with Gasteiger partial charge in [0.25, 0.3) is 0 Å². The summed E-state index contributed by atoms with van der Waals surface area (Å²) in [5.41, 5.74) is 10.8. The predicted octanol–water partition coefficient (Wildman–Crippen LogP) is 6.75. The highest BCUT2D eigenvalue weighted by Crippen LogP contribution is 2.32. The minimum atomic E-state index is -0.281. The van der Waals surface area contributed by atoms with Gasteiger partial charge in [-0.3, -0.25) is 9.48 Å². The van der Waals surface area contributed by atoms with Crippen LogP contribution in [0.3, 0.4) is 0 Å². The van der Waals surface area contributed by atoms with Crippen molar-refractivity contribution >= 4 is 45.1 Å². The Morgan fingerprint density at radius 3 is 2.53 bits per heavy atom. The minimum Gasteiger partial charge on any atom is -0.487 e. The lowest BCUT2D eigenvalue weighted by Gasteiger charge is -2.11. The van der Waals surface area contributed by atoms with E-state index in [2.05, 4.69) is 37.0 Å². The molecule has 5 aromatic rings. The summed E-state index contributed by atoms with van der Waals surface area (Å²) in [6, 6.07) is 21.9. The number of carbonyl (C=O) groups excluding carboxylic acids is 1. The molecule has 0 amide bonds. The molecule has 5 rings (SSSR count). The molecule has 0 saturated carbocycles. The first-order chi connectivity index (χ1) is 18.3. The van der Waals surface area contributed by atoms with Crippen LogP contribution in [0.5, 0.6) is 5.75 Å². The molecule has 3 aromatic carbocycles. The molecule has 0 aliphatic carbocycles. The Kier molecular flexibility index (Phi) is 7.20. The van der Waals surface area contributed by atoms with Gasteiger partial charge in [0.2, 0.25) is 0 Å². The normalized spacial score (nSPS) is 11.4. The fraction of sp³-hybridized carbons (Fsp3) is 0.233. The topological polar surface area (TPSA) is 92.3 Å². The summed E-state index contributed by atoms with van der Waals surface area (Å²) in [6.07, 6.45) is 0.153. The number of rotatable bonds is 8. The molecule has 2 heterocycles. The standard InChI is InChI=1S/C30H29ClN4O3/c1-4-37-29(36)16-22-7-5-6-8-27(22)38-17-25-24-14-20(11-12-26(24)35(34-25)18(2)3)19-9-10-21-15-28(31)33-30(32)23(21)13-19/h5-15,18H,4,16-17H2,1-3H3,(H2,32,33). The molecule has 0 unspecified atom stereocenters. The zero-order valence-electron chi connectivity index (χ0n) is 21.6. The quantitative estimate of drug-likeness (QED) is 0.177. The van der Waals surface area contributed by atoms with Crippen LogP contribution in [0.4, 0.5) is 5.82 Å². The summed E-state index contributed by atoms with van der Waals surface area (Å²) in [6.45, 7) is 6.60. The fourth-order valence-corrected chi connectivity index (χ4v) is 4.82. The van der Waals surface area contributed by atoms with Crippen molar-refractivity contribution in [2.45, 2.75) is 39.8 Å². The third-order valence-electron chi connectivity index (χ3n) is 6.41. The number of benzene rings is 3. The number of halogens is 1. The zero-order valence-corrected chi connectivity index (χ0v) is 22.3. The van der Waals surface area contributed by atoms with Gasteiger partial charge in [-0.1, -0.05) is 48.0 Å². The number of nitrogen functional groups attached to an aromatic ring is 1. The highest BCUT2D eigenvalue weighted by molar-refractivity contribution is 6.30. The third-order valence-corrected chi connectivity index (χ3v) is 6.61. The second kappa shape index (κ2) is 10.7. The van der Waals surface area contributed by atoms with Gasteiger partial charge in [0.1, 0.15) is 29.0 Å². The van der Waals surface area contributed by atoms with Gasteiger partial charge >= 0.3 is 5.97 Å². The first kappa shape index (κ1) is 25.5. The first-order valence-electron chi connectivity index (χ1n) is 12.6. The minimum absolute atomic E-state index is 0.153. The number of carbonyl (C=O) groups is 1. The van der Waals surface area contributed by atoms with Crippen LogP contribution in [-0.2, 0) is 22.6 Å². The summed E-state index contributed by atoms with van der Waals surface area (Å²) in [4.78, 5) is 16.3. The molecule has 2 aromatic heterocycles. The molecular weight excluding hydrogens is 500 g/mol. The molecule has 7 nitrogen and oxygen atoms in total. The molecule has 194 valence electrons. The van der Waals surface area contributed by atoms with Crippen LogP contribution in [0.15, 0.2) is 66.7 Å². The summed E-state index contributed by atoms with van der Waals surface area (Å²) < 4.78 is 13.3. The molecule has 0 atom stereocenters. The number of fused-ring (bicyclic) bond motifs is 2. The Labute approximate surface area is 226 Å². The van der Waals surface area contributed by atoms with E-state index in [0.29, 0.717) is 23.3 Å². The number of nitrogens with two attached hydrogens (primary N) is 1. The smallest absolute Gasteiger partial charge is 0.310 e. The Balaban J connectivity index is 1.50. The van der Waals surface area contributed by atoms with Crippen LogP contribution in [0.25, 0.3) is 32.8 Å². The van der Waals surface area contributed by atoms with Crippen molar-refractivity contribution in [3.05, 3.63) is 83.1 Å². The van der Waals surface area contributed by atoms with E-state index in [0.717, 1.165) is 44.1 Å². The van der Waals surface area contributed by atoms with Gasteiger partial charge in [-0.25, -0.2) is 4.98 Å². The monoisotopic (exact) mass is 528 g/mol. The highest BCUT2D eigenvalue weighted by atomic mass is 35.5. The summed E-state index contributed by atoms with van der Waals surface area (Å²) in [5, 5.41) is 8.06. The number of hydrogen-bond donors (Lipinski definition) is 1. The highest BCUT2D eigenvalue weighted by Gasteiger charge is 2.16. The molecule has 8 heteroatoms. The van der Waals surface area contributed by atoms with Gasteiger partial charge in [0.05, 0.1) is 18.5 Å². The van der Waals surface area contributed by atoms with Gasteiger partial charge < -0.3 is 15.2 Å². The first-order valence-corrected chi connectivity index (χ1v) is 13.0. The number of nitrogens with zero attached hydrogens (tertiary/aromatic N) is 3. The van der Waals surface area contributed by atoms with E-state index in [1.54, 1.807) is 6.92 Å². The Morgan fingerprint density at radius 1 is 1.03 bits per heavy atom. The number of esters is 1. The van der Waals surface area contributed by atoms with Gasteiger partial charge in [-0.15, -0.1) is 0 Å². The Hall–Kier alpha value is -4.10. The number of ether oxygens (including phenoxy) is 2. The molecule has 0 aliphatic rings. The van der Waals surface area contributed by atoms with Gasteiger partial charge in [0.15, 0.2) is 0 Å². The molecular formula is C30H29ClN4O3. The Bertz CT molecular complexity index is 1640. The zero-order chi connectivity index (χ0) is 26.8. The van der Waals surface area contributed by atoms with Crippen LogP contribution in [0, 0.1) is 0 Å². The largest absolute Gasteiger partial charge is 0.487 e. The van der Waals surface area contributed by atoms with Crippen molar-refractivity contribution in [3.63, 3.8) is 0 Å². The molecule has 0 radical (unpaired) electrons. The van der Waals surface area contributed by atoms with Crippen molar-refractivity contribution in [1.82, 2.24) is 14.8 Å². The van der Waals surface area contributed by atoms with Crippen molar-refractivity contribution in [1.29, 1.82) is 0 Å². The van der Waals surface area contributed by atoms with Gasteiger partial charge in [-0.05, 0) is 67.6 Å². The second-order valence-electron chi connectivity index (χ2n) is 9.36. The molecule has 2 N–H and O–H groups in total. The lowest BCUT2D eigenvalue weighted by molar-refractivity contribution is -0.142. The Morgan fingerprint density at radius 2 is 1.76 bits per heavy atom. The van der Waals surface area contributed by atoms with E-state index in [4.69, 9.17) is 31.9 Å². The number of pyridine rings is 1. The molecule has 38 heavy (non-hydrogen) atoms. The SMILES string of the molecule is CCOC(=O)Cc1ccccc1OCc1nn(C(C)C)c2ccc(-c3ccc4cc(Cl)nc(N)c4c3)cc12. The number of aromatic nitrogens is 3. The summed E-state index contributed by atoms with van der Waals surface area (Å²) >= 11 is 6.08. The van der Waals surface area contributed by atoms with E-state index >= 15 is 0 Å². The van der Waals surface area contributed by atoms with Crippen LogP contribution < -0.4 is 10.5 Å². The third kappa shape index (κ3) is 5.15. The average molecular weight is 529 g/mol. The maximum atomic E-state index is 12.1. The van der Waals surface area contributed by atoms with E-state index < -0.39 is 0 Å². The van der Waals surface area contributed by atoms with Crippen molar-refractivity contribution in [3.8, 4) is 16.9 Å². The van der Waals surface area contributed by atoms with Crippen LogP contribution >= 0.6 is 11.6 Å². The molecule has 0 fully saturated rings. The molecule has 0 saturated heterocycles. The maximum Gasteiger partial charge on any atom is 0.310 e. The number of anilines is 1. The predicted molar refractivity (Wildman–Crippen MR) is 151 cm³/mol. The number of para-hydroxylation sites is 1. The lowest BCUT2D eigenvalue weighted by atomic mass is 10.00. The van der Waals surface area contributed by atoms with Crippen LogP contribution in [0.2, 0.25) is 5.15 Å². The van der Waals surface area contributed by atoms with Crippen molar-refractivity contribution in [2.24, 2.45) is 0 Å². The van der Waals surface area contributed by atoms with E-state index in [9.17, 15) is 4.79 Å². The van der Waals surface area contributed by atoms with Crippen LogP contribution in [-0.4, -0.2) is 27.3 Å². The van der Waals surface area contributed by atoms with E-state index in [-0.39, 0.29) is 25.0 Å². The van der Waals surface area contributed by atoms with Crippen LogP contribution in [0.1, 0.15) is 38.1 Å². The van der Waals surface area contributed by atoms with Crippen molar-refractivity contribution < 1.29 is 14.3 Å². The summed E-state index contributed by atoms with van der Waals surface area (Å²) in [5.74, 6) is 0.759. The number of hydrogen-bond acceptors (Lipinski definition) is 6. The van der Waals surface area contributed by atoms with E-state index in [1.807, 2.05) is 53.2 Å². The van der Waals surface area contributed by atoms with E-state index in [1.165, 1.54) is 0 Å². The molecule has 0 bridgehead atoms. The average Bonchev–Trinajstić information content (AvgIpc) is 3.26. The second-order valence-corrected chi connectivity index (χ2v) is 9.75.